The van der Waals surface area contributed by atoms with Gasteiger partial charge in [-0.25, -0.2) is 0 Å². The number of hydrogen-bond donors (Lipinski definition) is 3. The summed E-state index contributed by atoms with van der Waals surface area (Å²) in [6.07, 6.45) is 3.76. The number of aliphatic hydroxyl groups excluding tert-OH is 1. The molecule has 3 N–H and O–H groups in total. The van der Waals surface area contributed by atoms with Crippen LogP contribution in [-0.2, 0) is 28.2 Å². The number of nitrogens with zero attached hydrogens (tertiary/aromatic N) is 2. The van der Waals surface area contributed by atoms with Crippen LogP contribution in [0.3, 0.4) is 0 Å². The minimum absolute atomic E-state index is 0.0303. The molecule has 0 bridgehead atoms. The molecule has 0 fully saturated rings. The van der Waals surface area contributed by atoms with E-state index in [1.807, 2.05) is 24.3 Å². The van der Waals surface area contributed by atoms with Gasteiger partial charge in [-0.05, 0) is 23.6 Å². The number of benzene rings is 2. The lowest BCUT2D eigenvalue weighted by Crippen LogP contribution is -2.46. The summed E-state index contributed by atoms with van der Waals surface area (Å²) in [5, 5.41) is 34.6. The Bertz CT molecular complexity index is 1150. The highest BCUT2D eigenvalue weighted by Crippen LogP contribution is 2.43. The standard InChI is InChI=1S/C24H25N3O6/c1-15(24(31)20-12-18(27(32)33)9-10-21(20)25-23(24)30)5-4-8-22(29)26-13-17-7-3-2-6-16(17)11-19(26)14-28/h2-7,9-10,12,15,19,28,31H,8,11,13-14H2,1H3,(H,25,30)/b5-4+/t15-,19+,24+/m1/s1. The van der Waals surface area contributed by atoms with E-state index in [4.69, 9.17) is 0 Å². The van der Waals surface area contributed by atoms with Gasteiger partial charge in [-0.15, -0.1) is 0 Å². The molecule has 2 amide bonds. The molecule has 9 heteroatoms. The Kier molecular flexibility index (Phi) is 6.01. The van der Waals surface area contributed by atoms with E-state index >= 15 is 0 Å². The fourth-order valence-electron chi connectivity index (χ4n) is 4.53. The van der Waals surface area contributed by atoms with Crippen molar-refractivity contribution < 1.29 is 24.7 Å². The molecule has 2 aromatic rings. The van der Waals surface area contributed by atoms with Gasteiger partial charge in [-0.3, -0.25) is 19.7 Å². The molecule has 2 heterocycles. The van der Waals surface area contributed by atoms with Crippen LogP contribution < -0.4 is 5.32 Å². The van der Waals surface area contributed by atoms with E-state index < -0.39 is 22.3 Å². The number of nitro benzene ring substituents is 1. The van der Waals surface area contributed by atoms with Crippen LogP contribution in [0, 0.1) is 16.0 Å². The van der Waals surface area contributed by atoms with Gasteiger partial charge in [0.05, 0.1) is 17.6 Å². The second-order valence-corrected chi connectivity index (χ2v) is 8.46. The van der Waals surface area contributed by atoms with Crippen LogP contribution in [0.15, 0.2) is 54.6 Å². The van der Waals surface area contributed by atoms with Crippen LogP contribution in [0.2, 0.25) is 0 Å². The van der Waals surface area contributed by atoms with Crippen molar-refractivity contribution in [3.63, 3.8) is 0 Å². The topological polar surface area (TPSA) is 133 Å². The molecule has 0 spiro atoms. The number of aliphatic hydroxyl groups is 2. The summed E-state index contributed by atoms with van der Waals surface area (Å²) in [4.78, 5) is 37.6. The Morgan fingerprint density at radius 2 is 2.06 bits per heavy atom. The lowest BCUT2D eigenvalue weighted by molar-refractivity contribution is -0.385. The van der Waals surface area contributed by atoms with Gasteiger partial charge in [0.2, 0.25) is 5.91 Å². The monoisotopic (exact) mass is 451 g/mol. The number of amides is 2. The fourth-order valence-corrected chi connectivity index (χ4v) is 4.53. The third-order valence-electron chi connectivity index (χ3n) is 6.48. The number of non-ortho nitro benzene ring substituents is 1. The molecule has 2 aromatic carbocycles. The lowest BCUT2D eigenvalue weighted by atomic mass is 9.82. The van der Waals surface area contributed by atoms with Crippen molar-refractivity contribution in [2.24, 2.45) is 5.92 Å². The largest absolute Gasteiger partial charge is 0.394 e. The Labute approximate surface area is 190 Å². The first kappa shape index (κ1) is 22.6. The maximum absolute atomic E-state index is 12.9. The number of rotatable bonds is 6. The first-order chi connectivity index (χ1) is 15.8. The van der Waals surface area contributed by atoms with Gasteiger partial charge in [0.25, 0.3) is 11.6 Å². The fraction of sp³-hybridized carbons (Fsp3) is 0.333. The molecule has 33 heavy (non-hydrogen) atoms. The summed E-state index contributed by atoms with van der Waals surface area (Å²) in [5.74, 6) is -1.59. The number of hydrogen-bond acceptors (Lipinski definition) is 6. The molecule has 172 valence electrons. The quantitative estimate of drug-likeness (QED) is 0.351. The molecule has 2 aliphatic rings. The average molecular weight is 451 g/mol. The SMILES string of the molecule is C[C@H](/C=C/CC(=O)N1Cc2ccccc2C[C@H]1CO)[C@@]1(O)C(=O)Nc2ccc([N+](=O)[O-])cc21. The maximum atomic E-state index is 12.9. The molecule has 0 saturated carbocycles. The van der Waals surface area contributed by atoms with E-state index in [2.05, 4.69) is 5.32 Å². The minimum atomic E-state index is -1.99. The van der Waals surface area contributed by atoms with Crippen molar-refractivity contribution in [3.05, 3.63) is 81.4 Å². The smallest absolute Gasteiger partial charge is 0.269 e. The zero-order chi connectivity index (χ0) is 23.8. The highest BCUT2D eigenvalue weighted by Gasteiger charge is 2.49. The first-order valence-corrected chi connectivity index (χ1v) is 10.7. The van der Waals surface area contributed by atoms with E-state index in [-0.39, 0.29) is 36.2 Å². The molecule has 3 atom stereocenters. The van der Waals surface area contributed by atoms with Crippen LogP contribution in [0.5, 0.6) is 0 Å². The molecule has 4 rings (SSSR count). The summed E-state index contributed by atoms with van der Waals surface area (Å²) in [6, 6.07) is 11.4. The molecular formula is C24H25N3O6. The van der Waals surface area contributed by atoms with Gasteiger partial charge in [-0.2, -0.15) is 0 Å². The number of nitro groups is 1. The van der Waals surface area contributed by atoms with Gasteiger partial charge in [0, 0.05) is 42.3 Å². The molecule has 0 unspecified atom stereocenters. The van der Waals surface area contributed by atoms with Crippen molar-refractivity contribution in [1.82, 2.24) is 4.90 Å². The summed E-state index contributed by atoms with van der Waals surface area (Å²) in [5.41, 5.74) is 0.407. The normalized spacial score (nSPS) is 22.6. The number of anilines is 1. The summed E-state index contributed by atoms with van der Waals surface area (Å²) in [7, 11) is 0. The van der Waals surface area contributed by atoms with Crippen LogP contribution in [-0.4, -0.2) is 44.5 Å². The second-order valence-electron chi connectivity index (χ2n) is 8.46. The van der Waals surface area contributed by atoms with Gasteiger partial charge in [0.1, 0.15) is 0 Å². The molecular weight excluding hydrogens is 426 g/mol. The highest BCUT2D eigenvalue weighted by molar-refractivity contribution is 6.05. The zero-order valence-corrected chi connectivity index (χ0v) is 18.1. The Hall–Kier alpha value is -3.56. The van der Waals surface area contributed by atoms with Crippen molar-refractivity contribution in [2.45, 2.75) is 38.0 Å². The van der Waals surface area contributed by atoms with Crippen LogP contribution in [0.25, 0.3) is 0 Å². The zero-order valence-electron chi connectivity index (χ0n) is 18.1. The molecule has 0 aromatic heterocycles. The molecule has 0 saturated heterocycles. The number of nitrogens with one attached hydrogen (secondary N) is 1. The molecule has 0 radical (unpaired) electrons. The number of fused-ring (bicyclic) bond motifs is 2. The highest BCUT2D eigenvalue weighted by atomic mass is 16.6. The second kappa shape index (κ2) is 8.76. The Balaban J connectivity index is 1.49. The predicted molar refractivity (Wildman–Crippen MR) is 120 cm³/mol. The molecule has 0 aliphatic carbocycles. The average Bonchev–Trinajstić information content (AvgIpc) is 3.08. The van der Waals surface area contributed by atoms with Crippen LogP contribution >= 0.6 is 0 Å². The van der Waals surface area contributed by atoms with E-state index in [1.54, 1.807) is 24.0 Å². The summed E-state index contributed by atoms with van der Waals surface area (Å²) < 4.78 is 0. The van der Waals surface area contributed by atoms with Crippen molar-refractivity contribution >= 4 is 23.2 Å². The van der Waals surface area contributed by atoms with E-state index in [0.29, 0.717) is 18.7 Å². The Morgan fingerprint density at radius 1 is 1.33 bits per heavy atom. The molecule has 2 aliphatic heterocycles. The third-order valence-corrected chi connectivity index (χ3v) is 6.48. The predicted octanol–water partition coefficient (Wildman–Crippen LogP) is 2.26. The van der Waals surface area contributed by atoms with Gasteiger partial charge in [-0.1, -0.05) is 43.3 Å². The summed E-state index contributed by atoms with van der Waals surface area (Å²) >= 11 is 0. The van der Waals surface area contributed by atoms with Crippen LogP contribution in [0.4, 0.5) is 11.4 Å². The van der Waals surface area contributed by atoms with E-state index in [9.17, 15) is 29.9 Å². The van der Waals surface area contributed by atoms with Gasteiger partial charge >= 0.3 is 0 Å². The molecule has 9 nitrogen and oxygen atoms in total. The third kappa shape index (κ3) is 4.01. The lowest BCUT2D eigenvalue weighted by Gasteiger charge is -2.36. The van der Waals surface area contributed by atoms with Crippen molar-refractivity contribution in [2.75, 3.05) is 11.9 Å². The first-order valence-electron chi connectivity index (χ1n) is 10.7. The number of carbonyl (C=O) groups excluding carboxylic acids is 2. The number of carbonyl (C=O) groups is 2. The minimum Gasteiger partial charge on any atom is -0.394 e. The van der Waals surface area contributed by atoms with Crippen molar-refractivity contribution in [3.8, 4) is 0 Å². The van der Waals surface area contributed by atoms with Gasteiger partial charge < -0.3 is 20.4 Å². The maximum Gasteiger partial charge on any atom is 0.269 e. The Morgan fingerprint density at radius 3 is 2.76 bits per heavy atom. The van der Waals surface area contributed by atoms with Gasteiger partial charge in [0.15, 0.2) is 5.60 Å². The van der Waals surface area contributed by atoms with Crippen molar-refractivity contribution in [1.29, 1.82) is 0 Å². The van der Waals surface area contributed by atoms with Crippen LogP contribution in [0.1, 0.15) is 30.0 Å². The van der Waals surface area contributed by atoms with E-state index in [1.165, 1.54) is 18.2 Å². The summed E-state index contributed by atoms with van der Waals surface area (Å²) in [6.45, 7) is 1.88. The van der Waals surface area contributed by atoms with E-state index in [0.717, 1.165) is 11.1 Å².